The quantitative estimate of drug-likeness (QED) is 0.921. The molecule has 1 aliphatic rings. The number of nitrogens with zero attached hydrogens (tertiary/aromatic N) is 1. The van der Waals surface area contributed by atoms with Crippen molar-refractivity contribution in [2.24, 2.45) is 0 Å². The minimum Gasteiger partial charge on any atom is -0.342 e. The number of benzene rings is 1. The van der Waals surface area contributed by atoms with E-state index in [0.29, 0.717) is 6.42 Å². The van der Waals surface area contributed by atoms with Gasteiger partial charge in [-0.2, -0.15) is 0 Å². The second kappa shape index (κ2) is 5.95. The first-order valence-corrected chi connectivity index (χ1v) is 7.64. The van der Waals surface area contributed by atoms with Crippen molar-refractivity contribution in [3.05, 3.63) is 28.2 Å². The first-order chi connectivity index (χ1) is 9.45. The van der Waals surface area contributed by atoms with Gasteiger partial charge in [0.1, 0.15) is 12.1 Å². The van der Waals surface area contributed by atoms with E-state index in [-0.39, 0.29) is 11.8 Å². The molecule has 2 amide bonds. The average molecular weight is 339 g/mol. The van der Waals surface area contributed by atoms with Gasteiger partial charge in [0.25, 0.3) is 0 Å². The van der Waals surface area contributed by atoms with E-state index in [1.54, 1.807) is 11.8 Å². The summed E-state index contributed by atoms with van der Waals surface area (Å²) in [5.41, 5.74) is 1.78. The van der Waals surface area contributed by atoms with Crippen LogP contribution in [-0.4, -0.2) is 23.9 Å². The minimum absolute atomic E-state index is 0.0276. The lowest BCUT2D eigenvalue weighted by molar-refractivity contribution is -0.133. The van der Waals surface area contributed by atoms with Gasteiger partial charge in [0.05, 0.1) is 0 Å². The number of carbonyl (C=O) groups is 2. The summed E-state index contributed by atoms with van der Waals surface area (Å²) >= 11 is 3.43. The molecular formula is C15H19BrN2O2. The molecule has 1 saturated heterocycles. The third-order valence-corrected chi connectivity index (χ3v) is 4.12. The SMILES string of the molecule is CCCC1NC(=O)C(C)N(c2cc(Br)ccc2C)C1=O. The highest BCUT2D eigenvalue weighted by atomic mass is 79.9. The fraction of sp³-hybridized carbons (Fsp3) is 0.467. The van der Waals surface area contributed by atoms with Gasteiger partial charge >= 0.3 is 0 Å². The summed E-state index contributed by atoms with van der Waals surface area (Å²) in [5.74, 6) is -0.123. The highest BCUT2D eigenvalue weighted by Crippen LogP contribution is 2.29. The molecule has 4 nitrogen and oxygen atoms in total. The molecule has 2 unspecified atom stereocenters. The molecule has 0 aliphatic carbocycles. The number of carbonyl (C=O) groups excluding carboxylic acids is 2. The minimum atomic E-state index is -0.483. The molecule has 20 heavy (non-hydrogen) atoms. The maximum atomic E-state index is 12.6. The van der Waals surface area contributed by atoms with Gasteiger partial charge in [-0.3, -0.25) is 14.5 Å². The molecule has 108 valence electrons. The first-order valence-electron chi connectivity index (χ1n) is 6.85. The Bertz CT molecular complexity index is 545. The lowest BCUT2D eigenvalue weighted by Gasteiger charge is -2.38. The van der Waals surface area contributed by atoms with Gasteiger partial charge in [-0.25, -0.2) is 0 Å². The van der Waals surface area contributed by atoms with Crippen molar-refractivity contribution in [3.8, 4) is 0 Å². The third kappa shape index (κ3) is 2.73. The summed E-state index contributed by atoms with van der Waals surface area (Å²) < 4.78 is 0.899. The van der Waals surface area contributed by atoms with Crippen LogP contribution in [0, 0.1) is 6.92 Å². The van der Waals surface area contributed by atoms with Gasteiger partial charge in [-0.1, -0.05) is 35.3 Å². The number of hydrogen-bond donors (Lipinski definition) is 1. The Morgan fingerprint density at radius 3 is 2.70 bits per heavy atom. The molecule has 0 spiro atoms. The zero-order valence-electron chi connectivity index (χ0n) is 11.9. The van der Waals surface area contributed by atoms with Crippen molar-refractivity contribution < 1.29 is 9.59 Å². The Morgan fingerprint density at radius 1 is 1.35 bits per heavy atom. The number of hydrogen-bond acceptors (Lipinski definition) is 2. The van der Waals surface area contributed by atoms with Crippen molar-refractivity contribution in [1.29, 1.82) is 0 Å². The standard InChI is InChI=1S/C15H19BrN2O2/c1-4-5-12-15(20)18(10(3)14(19)17-12)13-8-11(16)7-6-9(13)2/h6-8,10,12H,4-5H2,1-3H3,(H,17,19). The molecule has 1 aromatic rings. The van der Waals surface area contributed by atoms with Crippen molar-refractivity contribution in [3.63, 3.8) is 0 Å². The molecule has 1 aromatic carbocycles. The predicted octanol–water partition coefficient (Wildman–Crippen LogP) is 2.78. The molecule has 0 aromatic heterocycles. The maximum Gasteiger partial charge on any atom is 0.250 e. The van der Waals surface area contributed by atoms with Crippen LogP contribution < -0.4 is 10.2 Å². The van der Waals surface area contributed by atoms with Crippen molar-refractivity contribution >= 4 is 33.4 Å². The zero-order valence-corrected chi connectivity index (χ0v) is 13.5. The lowest BCUT2D eigenvalue weighted by Crippen LogP contribution is -2.62. The second-order valence-corrected chi connectivity index (χ2v) is 6.08. The van der Waals surface area contributed by atoms with E-state index >= 15 is 0 Å². The molecule has 0 radical (unpaired) electrons. The molecular weight excluding hydrogens is 320 g/mol. The number of anilines is 1. The zero-order chi connectivity index (χ0) is 14.9. The van der Waals surface area contributed by atoms with Crippen LogP contribution in [0.3, 0.4) is 0 Å². The smallest absolute Gasteiger partial charge is 0.250 e. The summed E-state index contributed by atoms with van der Waals surface area (Å²) in [5, 5.41) is 2.81. The molecule has 2 atom stereocenters. The molecule has 1 fully saturated rings. The molecule has 5 heteroatoms. The van der Waals surface area contributed by atoms with Crippen molar-refractivity contribution in [1.82, 2.24) is 5.32 Å². The Labute approximate surface area is 127 Å². The summed E-state index contributed by atoms with van der Waals surface area (Å²) in [6.45, 7) is 5.71. The van der Waals surface area contributed by atoms with Gasteiger partial charge in [0.2, 0.25) is 11.8 Å². The van der Waals surface area contributed by atoms with Crippen LogP contribution in [0.1, 0.15) is 32.3 Å². The summed E-state index contributed by atoms with van der Waals surface area (Å²) in [6, 6.07) is 4.87. The maximum absolute atomic E-state index is 12.6. The number of rotatable bonds is 3. The number of nitrogens with one attached hydrogen (secondary N) is 1. The van der Waals surface area contributed by atoms with Gasteiger partial charge in [0.15, 0.2) is 0 Å². The number of aryl methyl sites for hydroxylation is 1. The molecule has 0 saturated carbocycles. The van der Waals surface area contributed by atoms with E-state index in [1.165, 1.54) is 0 Å². The van der Waals surface area contributed by atoms with Crippen LogP contribution >= 0.6 is 15.9 Å². The monoisotopic (exact) mass is 338 g/mol. The van der Waals surface area contributed by atoms with Crippen LogP contribution in [0.15, 0.2) is 22.7 Å². The van der Waals surface area contributed by atoms with Crippen LogP contribution in [0.5, 0.6) is 0 Å². The fourth-order valence-corrected chi connectivity index (χ4v) is 2.83. The molecule has 1 aliphatic heterocycles. The van der Waals surface area contributed by atoms with Gasteiger partial charge in [0, 0.05) is 10.2 Å². The summed E-state index contributed by atoms with van der Waals surface area (Å²) in [6.07, 6.45) is 1.53. The topological polar surface area (TPSA) is 49.4 Å². The number of piperazine rings is 1. The van der Waals surface area contributed by atoms with Crippen molar-refractivity contribution in [2.45, 2.75) is 45.7 Å². The van der Waals surface area contributed by atoms with E-state index in [2.05, 4.69) is 21.2 Å². The van der Waals surface area contributed by atoms with Gasteiger partial charge < -0.3 is 5.32 Å². The van der Waals surface area contributed by atoms with E-state index in [4.69, 9.17) is 0 Å². The van der Waals surface area contributed by atoms with Crippen LogP contribution in [0.2, 0.25) is 0 Å². The van der Waals surface area contributed by atoms with Crippen LogP contribution in [0.4, 0.5) is 5.69 Å². The fourth-order valence-electron chi connectivity index (χ4n) is 2.48. The lowest BCUT2D eigenvalue weighted by atomic mass is 10.0. The van der Waals surface area contributed by atoms with E-state index < -0.39 is 12.1 Å². The van der Waals surface area contributed by atoms with Gasteiger partial charge in [-0.05, 0) is 38.0 Å². The molecule has 2 rings (SSSR count). The van der Waals surface area contributed by atoms with Crippen molar-refractivity contribution in [2.75, 3.05) is 4.90 Å². The predicted molar refractivity (Wildman–Crippen MR) is 82.7 cm³/mol. The highest BCUT2D eigenvalue weighted by molar-refractivity contribution is 9.10. The first kappa shape index (κ1) is 15.0. The summed E-state index contributed by atoms with van der Waals surface area (Å²) in [7, 11) is 0. The Morgan fingerprint density at radius 2 is 2.05 bits per heavy atom. The molecule has 1 heterocycles. The third-order valence-electron chi connectivity index (χ3n) is 3.63. The van der Waals surface area contributed by atoms with Crippen LogP contribution in [-0.2, 0) is 9.59 Å². The van der Waals surface area contributed by atoms with E-state index in [0.717, 1.165) is 22.1 Å². The largest absolute Gasteiger partial charge is 0.342 e. The number of amides is 2. The Balaban J connectivity index is 2.43. The summed E-state index contributed by atoms with van der Waals surface area (Å²) in [4.78, 5) is 26.3. The van der Waals surface area contributed by atoms with Gasteiger partial charge in [-0.15, -0.1) is 0 Å². The molecule has 0 bridgehead atoms. The van der Waals surface area contributed by atoms with E-state index in [1.807, 2.05) is 32.0 Å². The molecule has 1 N–H and O–H groups in total. The second-order valence-electron chi connectivity index (χ2n) is 5.16. The number of halogens is 1. The Kier molecular flexibility index (Phi) is 4.48. The Hall–Kier alpha value is -1.36. The average Bonchev–Trinajstić information content (AvgIpc) is 2.40. The van der Waals surface area contributed by atoms with Crippen LogP contribution in [0.25, 0.3) is 0 Å². The normalized spacial score (nSPS) is 22.9. The highest BCUT2D eigenvalue weighted by Gasteiger charge is 2.38. The van der Waals surface area contributed by atoms with E-state index in [9.17, 15) is 9.59 Å².